The quantitative estimate of drug-likeness (QED) is 0.802. The molecule has 3 aromatic rings. The summed E-state index contributed by atoms with van der Waals surface area (Å²) in [5, 5.41) is 11.8. The monoisotopic (exact) mass is 290 g/mol. The highest BCUT2D eigenvalue weighted by Gasteiger charge is 2.11. The summed E-state index contributed by atoms with van der Waals surface area (Å²) in [6, 6.07) is 7.80. The predicted molar refractivity (Wildman–Crippen MR) is 77.4 cm³/mol. The first kappa shape index (κ1) is 12.1. The molecule has 96 valence electrons. The van der Waals surface area contributed by atoms with Gasteiger partial charge in [-0.2, -0.15) is 0 Å². The maximum absolute atomic E-state index is 5.58. The van der Waals surface area contributed by atoms with Crippen molar-refractivity contribution in [3.63, 3.8) is 0 Å². The van der Waals surface area contributed by atoms with Crippen molar-refractivity contribution in [2.45, 2.75) is 0 Å². The zero-order valence-corrected chi connectivity index (χ0v) is 11.7. The molecule has 7 heteroatoms. The minimum absolute atomic E-state index is 0.450. The Balaban J connectivity index is 1.96. The first-order valence-electron chi connectivity index (χ1n) is 5.45. The third kappa shape index (κ3) is 2.42. The van der Waals surface area contributed by atoms with Crippen molar-refractivity contribution in [3.05, 3.63) is 29.6 Å². The Morgan fingerprint density at radius 2 is 2.11 bits per heavy atom. The van der Waals surface area contributed by atoms with Crippen LogP contribution in [0, 0.1) is 0 Å². The minimum Gasteiger partial charge on any atom is -0.497 e. The van der Waals surface area contributed by atoms with Gasteiger partial charge >= 0.3 is 0 Å². The van der Waals surface area contributed by atoms with Crippen molar-refractivity contribution in [1.29, 1.82) is 0 Å². The second-order valence-electron chi connectivity index (χ2n) is 3.72. The van der Waals surface area contributed by atoms with Crippen LogP contribution in [0.5, 0.6) is 5.75 Å². The minimum atomic E-state index is 0.450. The van der Waals surface area contributed by atoms with Crippen LogP contribution in [-0.4, -0.2) is 22.3 Å². The zero-order valence-electron chi connectivity index (χ0n) is 10.0. The van der Waals surface area contributed by atoms with Crippen molar-refractivity contribution in [3.8, 4) is 27.0 Å². The largest absolute Gasteiger partial charge is 0.497 e. The van der Waals surface area contributed by atoms with Gasteiger partial charge in [0.05, 0.1) is 7.11 Å². The molecule has 0 aliphatic heterocycles. The summed E-state index contributed by atoms with van der Waals surface area (Å²) in [5.41, 5.74) is 7.40. The van der Waals surface area contributed by atoms with Gasteiger partial charge in [-0.15, -0.1) is 21.5 Å². The average molecular weight is 290 g/mol. The molecule has 2 aromatic heterocycles. The van der Waals surface area contributed by atoms with Crippen LogP contribution in [0.4, 0.5) is 5.13 Å². The maximum atomic E-state index is 5.58. The Morgan fingerprint density at radius 3 is 2.84 bits per heavy atom. The number of nitrogens with zero attached hydrogens (tertiary/aromatic N) is 3. The number of hydrogen-bond acceptors (Lipinski definition) is 7. The first-order valence-corrected chi connectivity index (χ1v) is 7.15. The molecule has 5 nitrogen and oxygen atoms in total. The second kappa shape index (κ2) is 4.94. The number of aromatic nitrogens is 3. The predicted octanol–water partition coefficient (Wildman–Crippen LogP) is 2.92. The van der Waals surface area contributed by atoms with E-state index in [-0.39, 0.29) is 0 Å². The summed E-state index contributed by atoms with van der Waals surface area (Å²) < 4.78 is 5.21. The van der Waals surface area contributed by atoms with E-state index in [0.717, 1.165) is 27.0 Å². The lowest BCUT2D eigenvalue weighted by Gasteiger charge is -2.00. The molecule has 3 rings (SSSR count). The number of anilines is 1. The second-order valence-corrected chi connectivity index (χ2v) is 5.58. The lowest BCUT2D eigenvalue weighted by Crippen LogP contribution is -1.83. The van der Waals surface area contributed by atoms with Crippen LogP contribution in [0.15, 0.2) is 29.6 Å². The van der Waals surface area contributed by atoms with Crippen LogP contribution in [-0.2, 0) is 0 Å². The van der Waals surface area contributed by atoms with Crippen molar-refractivity contribution in [2.75, 3.05) is 12.8 Å². The van der Waals surface area contributed by atoms with Gasteiger partial charge in [0, 0.05) is 10.9 Å². The summed E-state index contributed by atoms with van der Waals surface area (Å²) in [7, 11) is 1.65. The molecule has 0 atom stereocenters. The van der Waals surface area contributed by atoms with Gasteiger partial charge in [0.1, 0.15) is 16.5 Å². The molecule has 0 amide bonds. The Kier molecular flexibility index (Phi) is 3.14. The zero-order chi connectivity index (χ0) is 13.2. The standard InChI is InChI=1S/C12H10N4OS2/c1-17-8-4-2-3-7(5-8)10-14-9(6-18-10)11-15-16-12(13)19-11/h2-6H,1H3,(H2,13,16). The number of hydrogen-bond donors (Lipinski definition) is 1. The van der Waals surface area contributed by atoms with E-state index in [4.69, 9.17) is 10.5 Å². The molecule has 0 saturated carbocycles. The third-order valence-corrected chi connectivity index (χ3v) is 4.15. The van der Waals surface area contributed by atoms with Crippen LogP contribution in [0.2, 0.25) is 0 Å². The van der Waals surface area contributed by atoms with E-state index in [1.54, 1.807) is 18.4 Å². The maximum Gasteiger partial charge on any atom is 0.203 e. The van der Waals surface area contributed by atoms with Gasteiger partial charge in [-0.3, -0.25) is 0 Å². The van der Waals surface area contributed by atoms with Crippen molar-refractivity contribution < 1.29 is 4.74 Å². The van der Waals surface area contributed by atoms with Crippen molar-refractivity contribution >= 4 is 27.8 Å². The summed E-state index contributed by atoms with van der Waals surface area (Å²) >= 11 is 2.89. The molecule has 0 fully saturated rings. The molecule has 0 aliphatic rings. The summed E-state index contributed by atoms with van der Waals surface area (Å²) in [6.45, 7) is 0. The molecule has 19 heavy (non-hydrogen) atoms. The number of nitrogens with two attached hydrogens (primary N) is 1. The molecule has 0 spiro atoms. The van der Waals surface area contributed by atoms with E-state index in [0.29, 0.717) is 5.13 Å². The number of rotatable bonds is 3. The number of thiazole rings is 1. The molecular formula is C12H10N4OS2. The first-order chi connectivity index (χ1) is 9.26. The number of ether oxygens (including phenoxy) is 1. The highest BCUT2D eigenvalue weighted by molar-refractivity contribution is 7.19. The van der Waals surface area contributed by atoms with Crippen LogP contribution in [0.25, 0.3) is 21.3 Å². The normalized spacial score (nSPS) is 10.6. The van der Waals surface area contributed by atoms with Gasteiger partial charge < -0.3 is 10.5 Å². The van der Waals surface area contributed by atoms with E-state index >= 15 is 0 Å². The van der Waals surface area contributed by atoms with Gasteiger partial charge in [-0.1, -0.05) is 23.5 Å². The van der Waals surface area contributed by atoms with Gasteiger partial charge in [0.25, 0.3) is 0 Å². The molecule has 0 unspecified atom stereocenters. The Morgan fingerprint density at radius 1 is 1.21 bits per heavy atom. The van der Waals surface area contributed by atoms with E-state index < -0.39 is 0 Å². The summed E-state index contributed by atoms with van der Waals surface area (Å²) in [4.78, 5) is 4.55. The van der Waals surface area contributed by atoms with Crippen LogP contribution in [0.3, 0.4) is 0 Å². The highest BCUT2D eigenvalue weighted by atomic mass is 32.1. The van der Waals surface area contributed by atoms with Gasteiger partial charge in [0.2, 0.25) is 5.13 Å². The van der Waals surface area contributed by atoms with E-state index in [2.05, 4.69) is 15.2 Å². The van der Waals surface area contributed by atoms with Crippen molar-refractivity contribution in [2.24, 2.45) is 0 Å². The van der Waals surface area contributed by atoms with Gasteiger partial charge in [0.15, 0.2) is 5.01 Å². The van der Waals surface area contributed by atoms with E-state index in [1.165, 1.54) is 11.3 Å². The Bertz CT molecular complexity index is 707. The number of benzene rings is 1. The Labute approximate surface area is 117 Å². The fraction of sp³-hybridized carbons (Fsp3) is 0.0833. The molecule has 1 aromatic carbocycles. The van der Waals surface area contributed by atoms with Crippen molar-refractivity contribution in [1.82, 2.24) is 15.2 Å². The average Bonchev–Trinajstić information content (AvgIpc) is 3.07. The molecule has 2 heterocycles. The van der Waals surface area contributed by atoms with Crippen LogP contribution in [0.1, 0.15) is 0 Å². The van der Waals surface area contributed by atoms with Crippen LogP contribution >= 0.6 is 22.7 Å². The van der Waals surface area contributed by atoms with E-state index in [9.17, 15) is 0 Å². The number of methoxy groups -OCH3 is 1. The lowest BCUT2D eigenvalue weighted by atomic mass is 10.2. The van der Waals surface area contributed by atoms with E-state index in [1.807, 2.05) is 29.6 Å². The Hall–Kier alpha value is -1.99. The van der Waals surface area contributed by atoms with Crippen LogP contribution < -0.4 is 10.5 Å². The lowest BCUT2D eigenvalue weighted by molar-refractivity contribution is 0.415. The summed E-state index contributed by atoms with van der Waals surface area (Å²) in [5.74, 6) is 0.814. The molecule has 0 aliphatic carbocycles. The fourth-order valence-electron chi connectivity index (χ4n) is 1.60. The van der Waals surface area contributed by atoms with Gasteiger partial charge in [-0.05, 0) is 12.1 Å². The SMILES string of the molecule is COc1cccc(-c2nc(-c3nnc(N)s3)cs2)c1. The molecule has 0 saturated heterocycles. The third-order valence-electron chi connectivity index (χ3n) is 2.48. The smallest absolute Gasteiger partial charge is 0.203 e. The molecule has 2 N–H and O–H groups in total. The molecule has 0 bridgehead atoms. The van der Waals surface area contributed by atoms with Gasteiger partial charge in [-0.25, -0.2) is 4.98 Å². The molecular weight excluding hydrogens is 280 g/mol. The molecule has 0 radical (unpaired) electrons. The fourth-order valence-corrected chi connectivity index (χ4v) is 3.05. The number of nitrogen functional groups attached to an aromatic ring is 1. The highest BCUT2D eigenvalue weighted by Crippen LogP contribution is 2.32. The summed E-state index contributed by atoms with van der Waals surface area (Å²) in [6.07, 6.45) is 0. The topological polar surface area (TPSA) is 73.9 Å².